The Morgan fingerprint density at radius 2 is 1.78 bits per heavy atom. The van der Waals surface area contributed by atoms with E-state index in [4.69, 9.17) is 9.47 Å². The van der Waals surface area contributed by atoms with E-state index in [-0.39, 0.29) is 0 Å². The summed E-state index contributed by atoms with van der Waals surface area (Å²) in [6, 6.07) is 9.69. The third kappa shape index (κ3) is 3.52. The van der Waals surface area contributed by atoms with Gasteiger partial charge in [0, 0.05) is 12.1 Å². The van der Waals surface area contributed by atoms with E-state index < -0.39 is 0 Å². The first-order chi connectivity index (χ1) is 8.78. The van der Waals surface area contributed by atoms with Crippen LogP contribution < -0.4 is 9.47 Å². The molecule has 2 aromatic rings. The van der Waals surface area contributed by atoms with Gasteiger partial charge in [-0.2, -0.15) is 5.10 Å². The monoisotopic (exact) mass is 246 g/mol. The maximum absolute atomic E-state index is 5.64. The second-order valence-corrected chi connectivity index (χ2v) is 4.05. The molecule has 1 aromatic heterocycles. The summed E-state index contributed by atoms with van der Waals surface area (Å²) in [5, 5.41) is 7.08. The summed E-state index contributed by atoms with van der Waals surface area (Å²) in [6.07, 6.45) is 0.803. The van der Waals surface area contributed by atoms with E-state index in [0.717, 1.165) is 29.3 Å². The normalized spacial score (nSPS) is 10.3. The molecule has 1 heterocycles. The lowest BCUT2D eigenvalue weighted by Gasteiger charge is -2.06. The van der Waals surface area contributed by atoms with E-state index in [9.17, 15) is 0 Å². The van der Waals surface area contributed by atoms with E-state index in [1.807, 2.05) is 44.2 Å². The molecule has 0 aliphatic rings. The van der Waals surface area contributed by atoms with Crippen molar-refractivity contribution in [2.45, 2.75) is 20.3 Å². The molecule has 1 N–H and O–H groups in total. The van der Waals surface area contributed by atoms with Crippen LogP contribution in [0.3, 0.4) is 0 Å². The standard InChI is InChI=1S/C14H18N2O2/c1-3-17-13-4-6-14(7-5-13)18-9-8-12-10-11(2)15-16-12/h4-7,10H,3,8-9H2,1-2H3,(H,15,16). The molecule has 0 aliphatic heterocycles. The fourth-order valence-electron chi connectivity index (χ4n) is 1.67. The Kier molecular flexibility index (Phi) is 4.23. The lowest BCUT2D eigenvalue weighted by molar-refractivity contribution is 0.317. The molecule has 4 nitrogen and oxygen atoms in total. The Bertz CT molecular complexity index is 477. The molecule has 0 saturated carbocycles. The van der Waals surface area contributed by atoms with Crippen LogP contribution in [0.4, 0.5) is 0 Å². The third-order valence-corrected chi connectivity index (χ3v) is 2.52. The SMILES string of the molecule is CCOc1ccc(OCCc2cc(C)[nH]n2)cc1. The molecule has 96 valence electrons. The Balaban J connectivity index is 1.79. The van der Waals surface area contributed by atoms with Gasteiger partial charge in [0.15, 0.2) is 0 Å². The van der Waals surface area contributed by atoms with Gasteiger partial charge in [-0.15, -0.1) is 0 Å². The first-order valence-electron chi connectivity index (χ1n) is 6.14. The molecular weight excluding hydrogens is 228 g/mol. The highest BCUT2D eigenvalue weighted by Crippen LogP contribution is 2.17. The summed E-state index contributed by atoms with van der Waals surface area (Å²) >= 11 is 0. The maximum atomic E-state index is 5.64. The minimum absolute atomic E-state index is 0.623. The summed E-state index contributed by atoms with van der Waals surface area (Å²) in [4.78, 5) is 0. The van der Waals surface area contributed by atoms with Crippen molar-refractivity contribution in [2.75, 3.05) is 13.2 Å². The lowest BCUT2D eigenvalue weighted by Crippen LogP contribution is -2.01. The van der Waals surface area contributed by atoms with Gasteiger partial charge < -0.3 is 9.47 Å². The van der Waals surface area contributed by atoms with E-state index in [2.05, 4.69) is 10.2 Å². The largest absolute Gasteiger partial charge is 0.494 e. The van der Waals surface area contributed by atoms with Gasteiger partial charge in [0.05, 0.1) is 18.9 Å². The number of aromatic amines is 1. The average molecular weight is 246 g/mol. The van der Waals surface area contributed by atoms with Gasteiger partial charge in [-0.25, -0.2) is 0 Å². The van der Waals surface area contributed by atoms with Gasteiger partial charge >= 0.3 is 0 Å². The summed E-state index contributed by atoms with van der Waals surface area (Å²) in [6.45, 7) is 5.26. The van der Waals surface area contributed by atoms with Crippen molar-refractivity contribution in [3.05, 3.63) is 41.7 Å². The molecule has 0 spiro atoms. The molecule has 0 radical (unpaired) electrons. The molecule has 0 fully saturated rings. The number of hydrogen-bond acceptors (Lipinski definition) is 3. The predicted octanol–water partition coefficient (Wildman–Crippen LogP) is 2.74. The van der Waals surface area contributed by atoms with Crippen LogP contribution in [0.1, 0.15) is 18.3 Å². The number of H-pyrrole nitrogens is 1. The number of hydrogen-bond donors (Lipinski definition) is 1. The van der Waals surface area contributed by atoms with Gasteiger partial charge in [0.2, 0.25) is 0 Å². The van der Waals surface area contributed by atoms with Crippen LogP contribution in [0.2, 0.25) is 0 Å². The van der Waals surface area contributed by atoms with Crippen molar-refractivity contribution in [3.8, 4) is 11.5 Å². The molecule has 18 heavy (non-hydrogen) atoms. The predicted molar refractivity (Wildman–Crippen MR) is 70.1 cm³/mol. The van der Waals surface area contributed by atoms with Crippen molar-refractivity contribution >= 4 is 0 Å². The zero-order chi connectivity index (χ0) is 12.8. The Morgan fingerprint density at radius 3 is 2.33 bits per heavy atom. The van der Waals surface area contributed by atoms with Crippen molar-refractivity contribution in [1.29, 1.82) is 0 Å². The molecule has 0 atom stereocenters. The highest BCUT2D eigenvalue weighted by Gasteiger charge is 1.99. The lowest BCUT2D eigenvalue weighted by atomic mass is 10.3. The smallest absolute Gasteiger partial charge is 0.119 e. The van der Waals surface area contributed by atoms with E-state index in [1.54, 1.807) is 0 Å². The fraction of sp³-hybridized carbons (Fsp3) is 0.357. The van der Waals surface area contributed by atoms with Gasteiger partial charge in [-0.1, -0.05) is 0 Å². The number of nitrogens with one attached hydrogen (secondary N) is 1. The number of aryl methyl sites for hydroxylation is 1. The summed E-state index contributed by atoms with van der Waals surface area (Å²) in [5.74, 6) is 1.72. The van der Waals surface area contributed by atoms with E-state index in [0.29, 0.717) is 13.2 Å². The highest BCUT2D eigenvalue weighted by molar-refractivity contribution is 5.31. The Morgan fingerprint density at radius 1 is 1.11 bits per heavy atom. The number of ether oxygens (including phenoxy) is 2. The topological polar surface area (TPSA) is 47.1 Å². The van der Waals surface area contributed by atoms with Crippen LogP contribution >= 0.6 is 0 Å². The molecule has 0 bridgehead atoms. The van der Waals surface area contributed by atoms with E-state index >= 15 is 0 Å². The maximum Gasteiger partial charge on any atom is 0.119 e. The van der Waals surface area contributed by atoms with Crippen LogP contribution in [-0.2, 0) is 6.42 Å². The molecule has 0 aliphatic carbocycles. The van der Waals surface area contributed by atoms with Crippen LogP contribution in [0, 0.1) is 6.92 Å². The fourth-order valence-corrected chi connectivity index (χ4v) is 1.67. The van der Waals surface area contributed by atoms with Crippen LogP contribution in [-0.4, -0.2) is 23.4 Å². The first kappa shape index (κ1) is 12.5. The Labute approximate surface area is 107 Å². The summed E-state index contributed by atoms with van der Waals surface area (Å²) in [5.41, 5.74) is 2.10. The quantitative estimate of drug-likeness (QED) is 0.852. The number of benzene rings is 1. The van der Waals surface area contributed by atoms with Crippen molar-refractivity contribution in [2.24, 2.45) is 0 Å². The van der Waals surface area contributed by atoms with E-state index in [1.165, 1.54) is 0 Å². The second-order valence-electron chi connectivity index (χ2n) is 4.05. The molecule has 2 rings (SSSR count). The number of rotatable bonds is 6. The minimum Gasteiger partial charge on any atom is -0.494 e. The van der Waals surface area contributed by atoms with Gasteiger partial charge in [-0.05, 0) is 44.2 Å². The van der Waals surface area contributed by atoms with Crippen LogP contribution in [0.15, 0.2) is 30.3 Å². The van der Waals surface area contributed by atoms with Crippen molar-refractivity contribution in [3.63, 3.8) is 0 Å². The van der Waals surface area contributed by atoms with Crippen LogP contribution in [0.5, 0.6) is 11.5 Å². The third-order valence-electron chi connectivity index (χ3n) is 2.52. The zero-order valence-corrected chi connectivity index (χ0v) is 10.8. The molecule has 0 amide bonds. The summed E-state index contributed by atoms with van der Waals surface area (Å²) in [7, 11) is 0. The first-order valence-corrected chi connectivity index (χ1v) is 6.14. The average Bonchev–Trinajstić information content (AvgIpc) is 2.78. The zero-order valence-electron chi connectivity index (χ0n) is 10.8. The van der Waals surface area contributed by atoms with Gasteiger partial charge in [0.1, 0.15) is 11.5 Å². The van der Waals surface area contributed by atoms with Crippen LogP contribution in [0.25, 0.3) is 0 Å². The number of nitrogens with zero attached hydrogens (tertiary/aromatic N) is 1. The summed E-state index contributed by atoms with van der Waals surface area (Å²) < 4.78 is 11.0. The number of aromatic nitrogens is 2. The second kappa shape index (κ2) is 6.10. The molecule has 1 aromatic carbocycles. The van der Waals surface area contributed by atoms with Gasteiger partial charge in [-0.3, -0.25) is 5.10 Å². The molecule has 0 saturated heterocycles. The van der Waals surface area contributed by atoms with Crippen molar-refractivity contribution < 1.29 is 9.47 Å². The van der Waals surface area contributed by atoms with Gasteiger partial charge in [0.25, 0.3) is 0 Å². The molecular formula is C14H18N2O2. The molecule has 4 heteroatoms. The minimum atomic E-state index is 0.623. The Hall–Kier alpha value is -1.97. The van der Waals surface area contributed by atoms with Crippen molar-refractivity contribution in [1.82, 2.24) is 10.2 Å². The molecule has 0 unspecified atom stereocenters. The highest BCUT2D eigenvalue weighted by atomic mass is 16.5.